The largest absolute Gasteiger partial charge is 0.491 e. The molecule has 5 aromatic rings. The van der Waals surface area contributed by atoms with E-state index < -0.39 is 0 Å². The van der Waals surface area contributed by atoms with Crippen molar-refractivity contribution in [3.8, 4) is 5.75 Å². The molecule has 0 unspecified atom stereocenters. The van der Waals surface area contributed by atoms with Crippen molar-refractivity contribution >= 4 is 44.7 Å². The number of rotatable bonds is 5. The number of hydrogen-bond donors (Lipinski definition) is 0. The van der Waals surface area contributed by atoms with Crippen LogP contribution in [0.25, 0.3) is 21.6 Å². The Morgan fingerprint density at radius 3 is 2.87 bits per heavy atom. The Morgan fingerprint density at radius 2 is 2.03 bits per heavy atom. The molecule has 0 saturated carbocycles. The number of benzene rings is 1. The summed E-state index contributed by atoms with van der Waals surface area (Å²) in [5.74, 6) is 2.43. The van der Waals surface area contributed by atoms with Gasteiger partial charge in [0.15, 0.2) is 10.8 Å². The summed E-state index contributed by atoms with van der Waals surface area (Å²) in [5, 5.41) is 15.5. The summed E-state index contributed by atoms with van der Waals surface area (Å²) in [6, 6.07) is 8.27. The molecule has 4 aromatic heterocycles. The zero-order valence-corrected chi connectivity index (χ0v) is 18.3. The Kier molecular flexibility index (Phi) is 4.21. The fourth-order valence-corrected chi connectivity index (χ4v) is 6.42. The lowest BCUT2D eigenvalue weighted by molar-refractivity contribution is 0.242. The lowest BCUT2D eigenvalue weighted by Gasteiger charge is -2.10. The Bertz CT molecular complexity index is 1380. The van der Waals surface area contributed by atoms with Crippen LogP contribution in [0.3, 0.4) is 0 Å². The van der Waals surface area contributed by atoms with Crippen LogP contribution in [0.5, 0.6) is 5.75 Å². The van der Waals surface area contributed by atoms with Gasteiger partial charge in [0.25, 0.3) is 5.78 Å². The summed E-state index contributed by atoms with van der Waals surface area (Å²) in [7, 11) is 0. The number of fused-ring (bicyclic) bond motifs is 8. The molecule has 0 atom stereocenters. The maximum Gasteiger partial charge on any atom is 0.260 e. The fraction of sp³-hybridized carbons (Fsp3) is 0.333. The molecular formula is C21H20N6OS2. The first-order chi connectivity index (χ1) is 14.7. The van der Waals surface area contributed by atoms with Crippen LogP contribution in [0.4, 0.5) is 0 Å². The van der Waals surface area contributed by atoms with Crippen LogP contribution in [0.2, 0.25) is 0 Å². The lowest BCUT2D eigenvalue weighted by Crippen LogP contribution is -2.05. The molecule has 0 radical (unpaired) electrons. The number of ether oxygens (including phenoxy) is 1. The summed E-state index contributed by atoms with van der Waals surface area (Å²) in [6.45, 7) is 4.07. The van der Waals surface area contributed by atoms with Gasteiger partial charge in [-0.15, -0.1) is 21.5 Å². The van der Waals surface area contributed by atoms with Gasteiger partial charge in [0, 0.05) is 10.6 Å². The normalized spacial score (nSPS) is 13.8. The monoisotopic (exact) mass is 436 g/mol. The Hall–Kier alpha value is -2.65. The van der Waals surface area contributed by atoms with Crippen LogP contribution >= 0.6 is 23.1 Å². The van der Waals surface area contributed by atoms with Crippen molar-refractivity contribution in [1.29, 1.82) is 0 Å². The summed E-state index contributed by atoms with van der Waals surface area (Å²) in [5.41, 5.74) is 3.54. The quantitative estimate of drug-likeness (QED) is 0.376. The molecule has 0 amide bonds. The van der Waals surface area contributed by atoms with E-state index in [4.69, 9.17) is 4.74 Å². The zero-order valence-electron chi connectivity index (χ0n) is 16.7. The second-order valence-electron chi connectivity index (χ2n) is 7.75. The minimum Gasteiger partial charge on any atom is -0.491 e. The van der Waals surface area contributed by atoms with E-state index in [0.29, 0.717) is 0 Å². The van der Waals surface area contributed by atoms with Crippen LogP contribution in [0, 0.1) is 0 Å². The first-order valence-corrected chi connectivity index (χ1v) is 11.9. The van der Waals surface area contributed by atoms with Crippen LogP contribution in [-0.4, -0.2) is 35.3 Å². The van der Waals surface area contributed by atoms with Crippen molar-refractivity contribution in [3.63, 3.8) is 0 Å². The van der Waals surface area contributed by atoms with E-state index >= 15 is 0 Å². The summed E-state index contributed by atoms with van der Waals surface area (Å²) in [4.78, 5) is 7.19. The number of nitrogens with zero attached hydrogens (tertiary/aromatic N) is 6. The fourth-order valence-electron chi connectivity index (χ4n) is 4.09. The summed E-state index contributed by atoms with van der Waals surface area (Å²) in [6.07, 6.45) is 5.26. The molecule has 6 rings (SSSR count). The molecule has 0 bridgehead atoms. The molecule has 4 heterocycles. The number of aryl methyl sites for hydroxylation is 2. The van der Waals surface area contributed by atoms with Crippen LogP contribution < -0.4 is 4.74 Å². The van der Waals surface area contributed by atoms with Gasteiger partial charge in [-0.2, -0.15) is 9.61 Å². The molecule has 1 aliphatic rings. The van der Waals surface area contributed by atoms with Gasteiger partial charge in [-0.25, -0.2) is 9.38 Å². The Balaban J connectivity index is 1.40. The molecular weight excluding hydrogens is 416 g/mol. The van der Waals surface area contributed by atoms with Gasteiger partial charge in [-0.3, -0.25) is 0 Å². The van der Waals surface area contributed by atoms with Gasteiger partial charge in [-0.1, -0.05) is 23.9 Å². The van der Waals surface area contributed by atoms with E-state index in [1.807, 2.05) is 41.8 Å². The van der Waals surface area contributed by atoms with E-state index in [1.165, 1.54) is 32.6 Å². The van der Waals surface area contributed by atoms with E-state index in [-0.39, 0.29) is 6.10 Å². The minimum atomic E-state index is 0.177. The van der Waals surface area contributed by atoms with Gasteiger partial charge in [0.2, 0.25) is 0 Å². The highest BCUT2D eigenvalue weighted by atomic mass is 32.2. The highest BCUT2D eigenvalue weighted by Gasteiger charge is 2.25. The third-order valence-corrected chi connectivity index (χ3v) is 7.62. The number of aromatic nitrogens is 6. The molecule has 7 nitrogen and oxygen atoms in total. The van der Waals surface area contributed by atoms with Crippen LogP contribution in [-0.2, 0) is 18.6 Å². The highest BCUT2D eigenvalue weighted by Crippen LogP contribution is 2.40. The zero-order chi connectivity index (χ0) is 20.2. The molecule has 0 fully saturated rings. The first kappa shape index (κ1) is 18.1. The van der Waals surface area contributed by atoms with Crippen molar-refractivity contribution in [1.82, 2.24) is 29.2 Å². The Morgan fingerprint density at radius 1 is 1.17 bits per heavy atom. The molecule has 0 spiro atoms. The van der Waals surface area contributed by atoms with E-state index in [9.17, 15) is 0 Å². The highest BCUT2D eigenvalue weighted by molar-refractivity contribution is 7.98. The van der Waals surface area contributed by atoms with Gasteiger partial charge >= 0.3 is 0 Å². The molecule has 9 heteroatoms. The number of thioether (sulfide) groups is 1. The SMILES string of the molecule is CC(C)Oc1ccc(CSc2nnc3n4ncnc4c4c5c(sc4n23)CCC5)cc1. The van der Waals surface area contributed by atoms with Gasteiger partial charge < -0.3 is 4.74 Å². The van der Waals surface area contributed by atoms with Crippen molar-refractivity contribution in [2.75, 3.05) is 0 Å². The minimum absolute atomic E-state index is 0.177. The molecule has 1 aromatic carbocycles. The predicted octanol–water partition coefficient (Wildman–Crippen LogP) is 4.55. The van der Waals surface area contributed by atoms with Crippen molar-refractivity contribution in [2.24, 2.45) is 0 Å². The smallest absolute Gasteiger partial charge is 0.260 e. The molecule has 0 saturated heterocycles. The standard InChI is InChI=1S/C21H20N6OS2/c1-12(2)28-14-8-6-13(7-9-14)10-29-21-25-24-20-26(21)19-17(18-22-11-23-27(18)20)15-4-3-5-16(15)30-19/h6-9,11-12H,3-5,10H2,1-2H3. The van der Waals surface area contributed by atoms with Gasteiger partial charge in [-0.05, 0) is 56.4 Å². The molecule has 30 heavy (non-hydrogen) atoms. The third-order valence-electron chi connectivity index (χ3n) is 5.35. The Labute approximate surface area is 181 Å². The van der Waals surface area contributed by atoms with E-state index in [1.54, 1.807) is 18.1 Å². The summed E-state index contributed by atoms with van der Waals surface area (Å²) < 4.78 is 9.72. The first-order valence-electron chi connectivity index (χ1n) is 10.1. The van der Waals surface area contributed by atoms with Gasteiger partial charge in [0.1, 0.15) is 16.9 Å². The van der Waals surface area contributed by atoms with Gasteiger partial charge in [0.05, 0.1) is 11.5 Å². The second-order valence-corrected chi connectivity index (χ2v) is 9.78. The van der Waals surface area contributed by atoms with Crippen molar-refractivity contribution < 1.29 is 4.74 Å². The van der Waals surface area contributed by atoms with Crippen LogP contribution in [0.1, 0.15) is 36.3 Å². The molecule has 0 N–H and O–H groups in total. The topological polar surface area (TPSA) is 69.6 Å². The maximum atomic E-state index is 5.74. The molecule has 1 aliphatic carbocycles. The van der Waals surface area contributed by atoms with Crippen molar-refractivity contribution in [3.05, 3.63) is 46.6 Å². The third kappa shape index (κ3) is 2.79. The maximum absolute atomic E-state index is 5.74. The number of thiophene rings is 1. The lowest BCUT2D eigenvalue weighted by atomic mass is 10.2. The predicted molar refractivity (Wildman–Crippen MR) is 119 cm³/mol. The second kappa shape index (κ2) is 6.95. The average Bonchev–Trinajstić information content (AvgIpc) is 3.48. The van der Waals surface area contributed by atoms with E-state index in [0.717, 1.165) is 40.9 Å². The molecule has 152 valence electrons. The number of hydrogen-bond acceptors (Lipinski definition) is 7. The summed E-state index contributed by atoms with van der Waals surface area (Å²) >= 11 is 3.54. The molecule has 0 aliphatic heterocycles. The average molecular weight is 437 g/mol. The van der Waals surface area contributed by atoms with Crippen molar-refractivity contribution in [2.45, 2.75) is 50.1 Å². The van der Waals surface area contributed by atoms with E-state index in [2.05, 4.69) is 36.8 Å². The van der Waals surface area contributed by atoms with Crippen LogP contribution in [0.15, 0.2) is 35.7 Å².